The lowest BCUT2D eigenvalue weighted by molar-refractivity contribution is 0.472. The van der Waals surface area contributed by atoms with Crippen molar-refractivity contribution in [2.75, 3.05) is 0 Å². The number of para-hydroxylation sites is 1. The molecule has 2 heterocycles. The minimum absolute atomic E-state index is 0.130. The molecular formula is C49H43N3O. The molecule has 4 nitrogen and oxygen atoms in total. The maximum Gasteiger partial charge on any atom is 0.149 e. The Hall–Kier alpha value is -6.26. The summed E-state index contributed by atoms with van der Waals surface area (Å²) in [6, 6.07) is 46.4. The van der Waals surface area contributed by atoms with Crippen LogP contribution >= 0.6 is 0 Å². The Bertz CT molecular complexity index is 2740. The van der Waals surface area contributed by atoms with Crippen LogP contribution < -0.4 is 0 Å². The number of phenolic OH excluding ortho intramolecular Hbond substituents is 1. The van der Waals surface area contributed by atoms with Crippen LogP contribution in [0.2, 0.25) is 0 Å². The average Bonchev–Trinajstić information content (AvgIpc) is 3.59. The average molecular weight is 693 g/mol. The van der Waals surface area contributed by atoms with Gasteiger partial charge in [-0.3, -0.25) is 9.55 Å². The van der Waals surface area contributed by atoms with Crippen LogP contribution in [0.4, 0.5) is 0 Å². The number of nitrogens with zero attached hydrogens (tertiary/aromatic N) is 3. The molecule has 0 amide bonds. The van der Waals surface area contributed by atoms with Crippen LogP contribution in [-0.4, -0.2) is 19.6 Å². The van der Waals surface area contributed by atoms with E-state index in [0.717, 1.165) is 72.4 Å². The second-order valence-corrected chi connectivity index (χ2v) is 14.9. The van der Waals surface area contributed by atoms with Crippen molar-refractivity contribution in [3.05, 3.63) is 168 Å². The van der Waals surface area contributed by atoms with Gasteiger partial charge in [0, 0.05) is 27.1 Å². The fraction of sp³-hybridized carbons (Fsp3) is 0.143. The molecule has 8 rings (SSSR count). The van der Waals surface area contributed by atoms with Crippen LogP contribution in [0.3, 0.4) is 0 Å². The van der Waals surface area contributed by atoms with Gasteiger partial charge in [0.1, 0.15) is 11.6 Å². The van der Waals surface area contributed by atoms with E-state index in [0.29, 0.717) is 17.1 Å². The van der Waals surface area contributed by atoms with Crippen LogP contribution in [0.25, 0.3) is 72.7 Å². The van der Waals surface area contributed by atoms with E-state index in [-0.39, 0.29) is 16.7 Å². The van der Waals surface area contributed by atoms with E-state index in [9.17, 15) is 5.11 Å². The van der Waals surface area contributed by atoms with E-state index in [1.54, 1.807) is 12.1 Å². The zero-order valence-electron chi connectivity index (χ0n) is 33.6. The van der Waals surface area contributed by atoms with Crippen LogP contribution in [0, 0.1) is 20.7 Å². The summed E-state index contributed by atoms with van der Waals surface area (Å²) in [5, 5.41) is 11.6. The molecule has 0 spiro atoms. The van der Waals surface area contributed by atoms with Crippen molar-refractivity contribution in [2.24, 2.45) is 0 Å². The minimum Gasteiger partial charge on any atom is -0.507 e. The largest absolute Gasteiger partial charge is 0.507 e. The summed E-state index contributed by atoms with van der Waals surface area (Å²) >= 11 is 0. The Labute approximate surface area is 316 Å². The van der Waals surface area contributed by atoms with Crippen molar-refractivity contribution >= 4 is 11.0 Å². The molecule has 0 saturated carbocycles. The van der Waals surface area contributed by atoms with E-state index in [2.05, 4.69) is 63.2 Å². The van der Waals surface area contributed by atoms with E-state index in [4.69, 9.17) is 14.1 Å². The molecular weight excluding hydrogens is 647 g/mol. The van der Waals surface area contributed by atoms with Crippen molar-refractivity contribution in [1.29, 1.82) is 0 Å². The molecule has 1 N–H and O–H groups in total. The Kier molecular flexibility index (Phi) is 7.66. The second kappa shape index (κ2) is 13.4. The first-order valence-corrected chi connectivity index (χ1v) is 18.0. The molecule has 0 atom stereocenters. The summed E-state index contributed by atoms with van der Waals surface area (Å²) < 4.78 is 27.4. The van der Waals surface area contributed by atoms with Gasteiger partial charge in [-0.1, -0.05) is 112 Å². The number of imidazole rings is 1. The van der Waals surface area contributed by atoms with Crippen LogP contribution in [0.15, 0.2) is 146 Å². The highest BCUT2D eigenvalue weighted by molar-refractivity contribution is 5.97. The molecule has 8 aromatic rings. The van der Waals surface area contributed by atoms with Crippen LogP contribution in [0.5, 0.6) is 5.75 Å². The van der Waals surface area contributed by atoms with Gasteiger partial charge >= 0.3 is 0 Å². The van der Waals surface area contributed by atoms with Crippen molar-refractivity contribution < 1.29 is 9.22 Å². The van der Waals surface area contributed by atoms with Gasteiger partial charge in [0.25, 0.3) is 0 Å². The number of rotatable bonds is 6. The highest BCUT2D eigenvalue weighted by Gasteiger charge is 2.23. The van der Waals surface area contributed by atoms with Gasteiger partial charge in [-0.15, -0.1) is 0 Å². The monoisotopic (exact) mass is 692 g/mol. The number of benzene rings is 6. The first-order chi connectivity index (χ1) is 26.7. The molecule has 0 bridgehead atoms. The van der Waals surface area contributed by atoms with Gasteiger partial charge in [-0.25, -0.2) is 4.98 Å². The fourth-order valence-electron chi connectivity index (χ4n) is 7.20. The molecule has 260 valence electrons. The predicted octanol–water partition coefficient (Wildman–Crippen LogP) is 12.7. The third kappa shape index (κ3) is 6.53. The zero-order valence-corrected chi connectivity index (χ0v) is 30.6. The molecule has 6 aromatic carbocycles. The Morgan fingerprint density at radius 3 is 2.04 bits per heavy atom. The number of phenols is 1. The number of pyridine rings is 1. The topological polar surface area (TPSA) is 50.9 Å². The standard InChI is InChI=1S/C49H43N3O/c1-31-22-33(3)47(53)43(25-31)48-51-46-42(18-13-19-45(46)52(48)41-24-32(2)23-37(29-41)35-16-11-8-12-17-35)38-26-39(28-40(27-38)49(4,5)6)44-30-36(20-21-50-44)34-14-9-7-10-15-34/h7-30,53H,1-6H3/i2D3. The lowest BCUT2D eigenvalue weighted by Crippen LogP contribution is -2.11. The molecule has 0 aliphatic rings. The van der Waals surface area contributed by atoms with Crippen molar-refractivity contribution in [3.63, 3.8) is 0 Å². The smallest absolute Gasteiger partial charge is 0.149 e. The number of hydrogen-bond donors (Lipinski definition) is 1. The molecule has 53 heavy (non-hydrogen) atoms. The van der Waals surface area contributed by atoms with Gasteiger partial charge in [0.2, 0.25) is 0 Å². The quantitative estimate of drug-likeness (QED) is 0.189. The molecule has 0 fully saturated rings. The molecule has 0 aliphatic carbocycles. The molecule has 0 radical (unpaired) electrons. The Morgan fingerprint density at radius 2 is 1.32 bits per heavy atom. The first kappa shape index (κ1) is 30.4. The number of aromatic nitrogens is 3. The van der Waals surface area contributed by atoms with Crippen LogP contribution in [-0.2, 0) is 5.41 Å². The highest BCUT2D eigenvalue weighted by Crippen LogP contribution is 2.41. The summed E-state index contributed by atoms with van der Waals surface area (Å²) in [5.74, 6) is 0.647. The van der Waals surface area contributed by atoms with E-state index >= 15 is 0 Å². The number of hydrogen-bond acceptors (Lipinski definition) is 3. The first-order valence-electron chi connectivity index (χ1n) is 19.5. The summed E-state index contributed by atoms with van der Waals surface area (Å²) in [4.78, 5) is 10.2. The Balaban J connectivity index is 1.41. The van der Waals surface area contributed by atoms with Gasteiger partial charge in [-0.05, 0) is 125 Å². The van der Waals surface area contributed by atoms with Gasteiger partial charge in [0.15, 0.2) is 0 Å². The maximum atomic E-state index is 11.6. The summed E-state index contributed by atoms with van der Waals surface area (Å²) in [6.07, 6.45) is 1.86. The van der Waals surface area contributed by atoms with E-state index < -0.39 is 6.85 Å². The number of fused-ring (bicyclic) bond motifs is 1. The van der Waals surface area contributed by atoms with Gasteiger partial charge in [-0.2, -0.15) is 0 Å². The highest BCUT2D eigenvalue weighted by atomic mass is 16.3. The molecule has 0 saturated heterocycles. The number of aromatic hydroxyl groups is 1. The minimum atomic E-state index is -2.36. The second-order valence-electron chi connectivity index (χ2n) is 14.9. The van der Waals surface area contributed by atoms with Crippen molar-refractivity contribution in [2.45, 2.75) is 46.9 Å². The molecule has 2 aromatic heterocycles. The van der Waals surface area contributed by atoms with Crippen LogP contribution in [0.1, 0.15) is 47.1 Å². The normalized spacial score (nSPS) is 12.7. The van der Waals surface area contributed by atoms with E-state index in [1.165, 1.54) is 0 Å². The number of aryl methyl sites for hydroxylation is 3. The molecule has 4 heteroatoms. The fourth-order valence-corrected chi connectivity index (χ4v) is 7.20. The summed E-state index contributed by atoms with van der Waals surface area (Å²) in [7, 11) is 0. The van der Waals surface area contributed by atoms with Crippen molar-refractivity contribution in [1.82, 2.24) is 14.5 Å². The van der Waals surface area contributed by atoms with E-state index in [1.807, 2.05) is 110 Å². The van der Waals surface area contributed by atoms with Gasteiger partial charge < -0.3 is 5.11 Å². The lowest BCUT2D eigenvalue weighted by Gasteiger charge is -2.22. The Morgan fingerprint density at radius 1 is 0.604 bits per heavy atom. The maximum absolute atomic E-state index is 11.6. The zero-order chi connectivity index (χ0) is 39.4. The summed E-state index contributed by atoms with van der Waals surface area (Å²) in [6.45, 7) is 8.15. The third-order valence-corrected chi connectivity index (χ3v) is 9.93. The third-order valence-electron chi connectivity index (χ3n) is 9.93. The molecule has 0 aliphatic heterocycles. The summed E-state index contributed by atoms with van der Waals surface area (Å²) in [5.41, 5.74) is 13.2. The SMILES string of the molecule is [2H]C([2H])([2H])c1cc(-c2ccccc2)cc(-n2c(-c3cc(C)cc(C)c3O)nc3c(-c4cc(-c5cc(-c6ccccc6)ccn5)cc(C(C)(C)C)c4)cccc32)c1. The van der Waals surface area contributed by atoms with Gasteiger partial charge in [0.05, 0.1) is 22.3 Å². The molecule has 0 unspecified atom stereocenters. The predicted molar refractivity (Wildman–Crippen MR) is 221 cm³/mol. The lowest BCUT2D eigenvalue weighted by atomic mass is 9.83. The van der Waals surface area contributed by atoms with Crippen molar-refractivity contribution in [3.8, 4) is 67.5 Å².